The van der Waals surface area contributed by atoms with Gasteiger partial charge < -0.3 is 35.4 Å². The van der Waals surface area contributed by atoms with Crippen molar-refractivity contribution in [3.05, 3.63) is 11.3 Å². The third kappa shape index (κ3) is 6.37. The molecule has 2 bridgehead atoms. The molecule has 6 atom stereocenters. The van der Waals surface area contributed by atoms with Gasteiger partial charge >= 0.3 is 7.82 Å². The molecule has 6 unspecified atom stereocenters. The number of aliphatic imine (C=N–C) groups is 3. The Kier molecular flexibility index (Phi) is 8.75. The molecule has 0 radical (unpaired) electrons. The Labute approximate surface area is 204 Å². The number of phosphoric ester groups is 1. The molecule has 4 aliphatic heterocycles. The van der Waals surface area contributed by atoms with Gasteiger partial charge in [-0.2, -0.15) is 0 Å². The summed E-state index contributed by atoms with van der Waals surface area (Å²) in [6.07, 6.45) is 7.02. The van der Waals surface area contributed by atoms with E-state index in [-0.39, 0.29) is 12.1 Å². The van der Waals surface area contributed by atoms with Gasteiger partial charge in [0, 0.05) is 6.54 Å². The SMILES string of the molecule is NC1=NCCCCCCCC2C3N=CCCCC3=C1N=CN2C1OC(COP(=O)(O)O)C(O)C1O. The molecular weight excluding hydrogens is 477 g/mol. The molecule has 6 N–H and O–H groups in total. The smallest absolute Gasteiger partial charge is 0.387 e. The number of hydrogen-bond donors (Lipinski definition) is 5. The molecule has 35 heavy (non-hydrogen) atoms. The Hall–Kier alpha value is -1.66. The number of amidine groups is 1. The van der Waals surface area contributed by atoms with Crippen LogP contribution in [0.3, 0.4) is 0 Å². The lowest BCUT2D eigenvalue weighted by Gasteiger charge is -2.38. The number of phosphoric acid groups is 1. The van der Waals surface area contributed by atoms with E-state index in [0.29, 0.717) is 18.1 Å². The van der Waals surface area contributed by atoms with Crippen LogP contribution in [0.4, 0.5) is 0 Å². The summed E-state index contributed by atoms with van der Waals surface area (Å²) in [6, 6.07) is -0.495. The highest BCUT2D eigenvalue weighted by atomic mass is 31.2. The van der Waals surface area contributed by atoms with Crippen molar-refractivity contribution in [2.45, 2.75) is 94.4 Å². The van der Waals surface area contributed by atoms with Gasteiger partial charge in [-0.25, -0.2) is 9.56 Å². The highest BCUT2D eigenvalue weighted by molar-refractivity contribution is 7.46. The molecule has 4 aliphatic rings. The summed E-state index contributed by atoms with van der Waals surface area (Å²) < 4.78 is 21.6. The molecule has 0 aliphatic carbocycles. The standard InChI is InChI=1S/C22H36N5O7P/c23-21-18-14-8-5-7-10-24-17(14)15(9-4-2-1-3-6-11-25-21)27(13-26-18)22-20(29)19(28)16(34-22)12-33-35(30,31)32/h10,13,15-17,19-20,22,28-29H,1-9,11-12H2,(H2,23,25)(H2,30,31,32). The largest absolute Gasteiger partial charge is 0.469 e. The van der Waals surface area contributed by atoms with Crippen molar-refractivity contribution < 1.29 is 33.8 Å². The molecule has 0 spiro atoms. The normalized spacial score (nSPS) is 35.0. The maximum atomic E-state index is 11.1. The summed E-state index contributed by atoms with van der Waals surface area (Å²) in [6.45, 7) is 0.0711. The maximum absolute atomic E-state index is 11.1. The first-order valence-corrected chi connectivity index (χ1v) is 13.9. The van der Waals surface area contributed by atoms with E-state index in [1.165, 1.54) is 0 Å². The van der Waals surface area contributed by atoms with Gasteiger partial charge in [-0.1, -0.05) is 25.7 Å². The highest BCUT2D eigenvalue weighted by Crippen LogP contribution is 2.39. The van der Waals surface area contributed by atoms with E-state index in [2.05, 4.69) is 9.52 Å². The van der Waals surface area contributed by atoms with Gasteiger partial charge in [0.2, 0.25) is 0 Å². The van der Waals surface area contributed by atoms with Crippen LogP contribution in [-0.4, -0.2) is 93.1 Å². The van der Waals surface area contributed by atoms with Crippen LogP contribution >= 0.6 is 7.82 Å². The van der Waals surface area contributed by atoms with Crippen molar-refractivity contribution in [1.29, 1.82) is 0 Å². The molecule has 1 saturated heterocycles. The first kappa shape index (κ1) is 26.4. The molecule has 12 nitrogen and oxygen atoms in total. The summed E-state index contributed by atoms with van der Waals surface area (Å²) >= 11 is 0. The lowest BCUT2D eigenvalue weighted by Crippen LogP contribution is -2.52. The molecule has 0 aromatic rings. The Morgan fingerprint density at radius 2 is 1.91 bits per heavy atom. The third-order valence-corrected chi connectivity index (χ3v) is 7.48. The first-order chi connectivity index (χ1) is 16.8. The van der Waals surface area contributed by atoms with Crippen molar-refractivity contribution in [2.75, 3.05) is 13.2 Å². The molecular formula is C22H36N5O7P. The van der Waals surface area contributed by atoms with E-state index in [0.717, 1.165) is 63.4 Å². The van der Waals surface area contributed by atoms with Crippen LogP contribution < -0.4 is 5.73 Å². The number of rotatable bonds is 4. The number of aliphatic hydroxyl groups excluding tert-OH is 2. The fraction of sp³-hybridized carbons (Fsp3) is 0.773. The van der Waals surface area contributed by atoms with Crippen molar-refractivity contribution in [2.24, 2.45) is 20.7 Å². The number of aliphatic hydroxyl groups is 2. The molecule has 13 heteroatoms. The second kappa shape index (κ2) is 11.6. The Balaban J connectivity index is 1.69. The monoisotopic (exact) mass is 513 g/mol. The Morgan fingerprint density at radius 1 is 1.14 bits per heavy atom. The summed E-state index contributed by atoms with van der Waals surface area (Å²) in [5.41, 5.74) is 8.03. The quantitative estimate of drug-likeness (QED) is 0.340. The van der Waals surface area contributed by atoms with Crippen LogP contribution in [0.2, 0.25) is 0 Å². The van der Waals surface area contributed by atoms with E-state index in [9.17, 15) is 14.8 Å². The minimum atomic E-state index is -4.76. The number of hydrogen-bond acceptors (Lipinski definition) is 10. The molecule has 1 fully saturated rings. The van der Waals surface area contributed by atoms with Gasteiger partial charge in [0.05, 0.1) is 25.0 Å². The highest BCUT2D eigenvalue weighted by Gasteiger charge is 2.49. The summed E-state index contributed by atoms with van der Waals surface area (Å²) in [5, 5.41) is 21.4. The van der Waals surface area contributed by atoms with Crippen molar-refractivity contribution in [3.63, 3.8) is 0 Å². The van der Waals surface area contributed by atoms with E-state index in [1.54, 1.807) is 11.2 Å². The van der Waals surface area contributed by atoms with Gasteiger partial charge in [0.15, 0.2) is 6.23 Å². The van der Waals surface area contributed by atoms with E-state index in [4.69, 9.17) is 30.2 Å². The summed E-state index contributed by atoms with van der Waals surface area (Å²) in [7, 11) is -4.76. The second-order valence-electron chi connectivity index (χ2n) is 9.46. The molecule has 4 rings (SSSR count). The lowest BCUT2D eigenvalue weighted by atomic mass is 9.90. The van der Waals surface area contributed by atoms with Gasteiger partial charge in [-0.3, -0.25) is 14.5 Å². The van der Waals surface area contributed by atoms with E-state index >= 15 is 0 Å². The fourth-order valence-corrected chi connectivity index (χ4v) is 5.54. The number of ether oxygens (including phenoxy) is 1. The zero-order chi connectivity index (χ0) is 25.0. The molecule has 4 heterocycles. The predicted molar refractivity (Wildman–Crippen MR) is 130 cm³/mol. The van der Waals surface area contributed by atoms with Crippen LogP contribution in [0, 0.1) is 0 Å². The number of nitrogens with two attached hydrogens (primary N) is 1. The van der Waals surface area contributed by atoms with Crippen LogP contribution in [0.25, 0.3) is 0 Å². The fourth-order valence-electron chi connectivity index (χ4n) is 5.20. The zero-order valence-electron chi connectivity index (χ0n) is 19.7. The van der Waals surface area contributed by atoms with Crippen molar-refractivity contribution in [1.82, 2.24) is 4.90 Å². The van der Waals surface area contributed by atoms with E-state index < -0.39 is 39.0 Å². The number of nitrogens with zero attached hydrogens (tertiary/aromatic N) is 4. The summed E-state index contributed by atoms with van der Waals surface area (Å²) in [4.78, 5) is 34.0. The van der Waals surface area contributed by atoms with Crippen LogP contribution in [0.15, 0.2) is 26.2 Å². The maximum Gasteiger partial charge on any atom is 0.469 e. The molecule has 196 valence electrons. The molecule has 0 saturated carbocycles. The van der Waals surface area contributed by atoms with Gasteiger partial charge in [-0.15, -0.1) is 0 Å². The minimum absolute atomic E-state index is 0.220. The zero-order valence-corrected chi connectivity index (χ0v) is 20.6. The Morgan fingerprint density at radius 3 is 2.71 bits per heavy atom. The van der Waals surface area contributed by atoms with Crippen LogP contribution in [0.5, 0.6) is 0 Å². The van der Waals surface area contributed by atoms with E-state index in [1.807, 2.05) is 6.21 Å². The molecule has 0 amide bonds. The Bertz CT molecular complexity index is 920. The average Bonchev–Trinajstić information content (AvgIpc) is 2.97. The van der Waals surface area contributed by atoms with Gasteiger partial charge in [0.1, 0.15) is 29.8 Å². The second-order valence-corrected chi connectivity index (χ2v) is 10.7. The first-order valence-electron chi connectivity index (χ1n) is 12.3. The topological polar surface area (TPSA) is 183 Å². The molecule has 0 aromatic carbocycles. The van der Waals surface area contributed by atoms with Gasteiger partial charge in [-0.05, 0) is 43.9 Å². The van der Waals surface area contributed by atoms with Crippen molar-refractivity contribution in [3.8, 4) is 0 Å². The predicted octanol–water partition coefficient (Wildman–Crippen LogP) is 0.844. The minimum Gasteiger partial charge on any atom is -0.387 e. The van der Waals surface area contributed by atoms with Crippen LogP contribution in [0.1, 0.15) is 57.8 Å². The summed E-state index contributed by atoms with van der Waals surface area (Å²) in [5.74, 6) is 0.374. The lowest BCUT2D eigenvalue weighted by molar-refractivity contribution is -0.0829. The third-order valence-electron chi connectivity index (χ3n) is 6.99. The average molecular weight is 514 g/mol. The molecule has 0 aromatic heterocycles. The van der Waals surface area contributed by atoms with Crippen molar-refractivity contribution >= 4 is 26.2 Å². The van der Waals surface area contributed by atoms with Gasteiger partial charge in [0.25, 0.3) is 0 Å². The van der Waals surface area contributed by atoms with Crippen LogP contribution in [-0.2, 0) is 13.8 Å².